The summed E-state index contributed by atoms with van der Waals surface area (Å²) in [5.41, 5.74) is 11.2. The minimum absolute atomic E-state index is 0.0428. The van der Waals surface area contributed by atoms with Crippen LogP contribution in [0, 0.1) is 5.41 Å². The molecule has 1 aliphatic rings. The summed E-state index contributed by atoms with van der Waals surface area (Å²) >= 11 is 6.55. The fourth-order valence-corrected chi connectivity index (χ4v) is 3.79. The molecule has 0 aliphatic carbocycles. The Morgan fingerprint density at radius 1 is 1.22 bits per heavy atom. The van der Waals surface area contributed by atoms with Gasteiger partial charge < -0.3 is 16.0 Å². The zero-order valence-corrected chi connectivity index (χ0v) is 17.1. The molecule has 0 saturated carbocycles. The van der Waals surface area contributed by atoms with Gasteiger partial charge in [0.2, 0.25) is 5.91 Å². The predicted octanol–water partition coefficient (Wildman–Crippen LogP) is 4.74. The third-order valence-corrected chi connectivity index (χ3v) is 5.13. The van der Waals surface area contributed by atoms with Crippen LogP contribution in [0.1, 0.15) is 43.9 Å². The molecule has 3 rings (SSSR count). The third kappa shape index (κ3) is 4.82. The van der Waals surface area contributed by atoms with Gasteiger partial charge in [0.1, 0.15) is 0 Å². The zero-order chi connectivity index (χ0) is 19.6. The molecule has 0 aromatic heterocycles. The molecule has 1 amide bonds. The summed E-state index contributed by atoms with van der Waals surface area (Å²) < 4.78 is 0. The Hall–Kier alpha value is -2.04. The van der Waals surface area contributed by atoms with Crippen molar-refractivity contribution >= 4 is 28.9 Å². The molecule has 0 unspecified atom stereocenters. The first-order chi connectivity index (χ1) is 12.8. The monoisotopic (exact) mass is 385 g/mol. The van der Waals surface area contributed by atoms with Gasteiger partial charge in [-0.05, 0) is 40.7 Å². The van der Waals surface area contributed by atoms with Crippen LogP contribution in [0.3, 0.4) is 0 Å². The highest BCUT2D eigenvalue weighted by molar-refractivity contribution is 6.34. The van der Waals surface area contributed by atoms with Gasteiger partial charge in [0, 0.05) is 31.7 Å². The summed E-state index contributed by atoms with van der Waals surface area (Å²) in [5, 5.41) is 3.50. The summed E-state index contributed by atoms with van der Waals surface area (Å²) in [5.74, 6) is -0.0428. The average Bonchev–Trinajstić information content (AvgIpc) is 2.61. The number of fused-ring (bicyclic) bond motifs is 1. The summed E-state index contributed by atoms with van der Waals surface area (Å²) in [4.78, 5) is 14.7. The topological polar surface area (TPSA) is 58.4 Å². The summed E-state index contributed by atoms with van der Waals surface area (Å²) in [6, 6.07) is 12.5. The van der Waals surface area contributed by atoms with Crippen molar-refractivity contribution in [2.45, 2.75) is 46.7 Å². The lowest BCUT2D eigenvalue weighted by atomic mass is 9.92. The molecule has 4 nitrogen and oxygen atoms in total. The zero-order valence-electron chi connectivity index (χ0n) is 16.3. The first-order valence-electron chi connectivity index (χ1n) is 9.41. The molecule has 144 valence electrons. The maximum Gasteiger partial charge on any atom is 0.224 e. The van der Waals surface area contributed by atoms with Gasteiger partial charge in [-0.1, -0.05) is 56.6 Å². The molecule has 5 heteroatoms. The highest BCUT2D eigenvalue weighted by Gasteiger charge is 2.21. The van der Waals surface area contributed by atoms with Crippen LogP contribution in [-0.4, -0.2) is 12.5 Å². The van der Waals surface area contributed by atoms with Crippen molar-refractivity contribution in [1.29, 1.82) is 0 Å². The lowest BCUT2D eigenvalue weighted by Gasteiger charge is -2.31. The van der Waals surface area contributed by atoms with E-state index < -0.39 is 0 Å². The van der Waals surface area contributed by atoms with Gasteiger partial charge in [-0.3, -0.25) is 4.79 Å². The maximum atomic E-state index is 12.4. The molecule has 1 heterocycles. The molecule has 2 aromatic rings. The van der Waals surface area contributed by atoms with Gasteiger partial charge in [-0.15, -0.1) is 0 Å². The smallest absolute Gasteiger partial charge is 0.224 e. The van der Waals surface area contributed by atoms with Crippen LogP contribution in [0.4, 0.5) is 11.4 Å². The van der Waals surface area contributed by atoms with Crippen LogP contribution < -0.4 is 16.0 Å². The van der Waals surface area contributed by atoms with E-state index in [0.29, 0.717) is 23.7 Å². The van der Waals surface area contributed by atoms with E-state index in [0.717, 1.165) is 30.8 Å². The molecule has 3 N–H and O–H groups in total. The van der Waals surface area contributed by atoms with E-state index in [1.807, 2.05) is 32.9 Å². The number of carbonyl (C=O) groups is 1. The van der Waals surface area contributed by atoms with Crippen LogP contribution in [0.2, 0.25) is 5.02 Å². The van der Waals surface area contributed by atoms with Crippen molar-refractivity contribution < 1.29 is 4.79 Å². The average molecular weight is 386 g/mol. The third-order valence-electron chi connectivity index (χ3n) is 4.83. The lowest BCUT2D eigenvalue weighted by molar-refractivity contribution is -0.117. The van der Waals surface area contributed by atoms with Gasteiger partial charge in [0.25, 0.3) is 0 Å². The van der Waals surface area contributed by atoms with Crippen LogP contribution in [0.15, 0.2) is 36.4 Å². The largest absolute Gasteiger partial charge is 0.367 e. The van der Waals surface area contributed by atoms with Gasteiger partial charge in [0.15, 0.2) is 0 Å². The van der Waals surface area contributed by atoms with Crippen molar-refractivity contribution in [3.05, 3.63) is 58.1 Å². The Morgan fingerprint density at radius 2 is 1.93 bits per heavy atom. The Labute approximate surface area is 166 Å². The number of nitrogens with two attached hydrogens (primary N) is 1. The van der Waals surface area contributed by atoms with E-state index in [1.54, 1.807) is 0 Å². The standard InChI is InChI=1S/C22H28ClN3O/c1-22(2,3)12-20(27)25-21-17(13-24)10-18(11-19(21)23)26-9-8-15-6-4-5-7-16(15)14-26/h4-7,10-11H,8-9,12-14,24H2,1-3H3,(H,25,27). The summed E-state index contributed by atoms with van der Waals surface area (Å²) in [7, 11) is 0. The van der Waals surface area contributed by atoms with Crippen LogP contribution in [0.25, 0.3) is 0 Å². The Morgan fingerprint density at radius 3 is 2.59 bits per heavy atom. The molecular formula is C22H28ClN3O. The van der Waals surface area contributed by atoms with Gasteiger partial charge in [-0.2, -0.15) is 0 Å². The highest BCUT2D eigenvalue weighted by Crippen LogP contribution is 2.34. The Bertz CT molecular complexity index is 842. The summed E-state index contributed by atoms with van der Waals surface area (Å²) in [6.45, 7) is 8.22. The van der Waals surface area contributed by atoms with E-state index in [1.165, 1.54) is 11.1 Å². The number of carbonyl (C=O) groups excluding carboxylic acids is 1. The number of hydrogen-bond acceptors (Lipinski definition) is 3. The molecular weight excluding hydrogens is 358 g/mol. The summed E-state index contributed by atoms with van der Waals surface area (Å²) in [6.07, 6.45) is 1.44. The fraction of sp³-hybridized carbons (Fsp3) is 0.409. The number of anilines is 2. The molecule has 2 aromatic carbocycles. The second kappa shape index (κ2) is 7.91. The molecule has 0 radical (unpaired) electrons. The van der Waals surface area contributed by atoms with Crippen LogP contribution in [0.5, 0.6) is 0 Å². The molecule has 0 fully saturated rings. The van der Waals surface area contributed by atoms with Crippen LogP contribution in [-0.2, 0) is 24.3 Å². The Kier molecular flexibility index (Phi) is 5.78. The van der Waals surface area contributed by atoms with E-state index in [4.69, 9.17) is 17.3 Å². The second-order valence-corrected chi connectivity index (χ2v) is 8.80. The van der Waals surface area contributed by atoms with Gasteiger partial charge in [-0.25, -0.2) is 0 Å². The molecule has 0 saturated heterocycles. The predicted molar refractivity (Wildman–Crippen MR) is 113 cm³/mol. The number of nitrogens with one attached hydrogen (secondary N) is 1. The number of hydrogen-bond donors (Lipinski definition) is 2. The SMILES string of the molecule is CC(C)(C)CC(=O)Nc1c(Cl)cc(N2CCc3ccccc3C2)cc1CN. The van der Waals surface area contributed by atoms with E-state index in [2.05, 4.69) is 34.5 Å². The molecule has 0 spiro atoms. The van der Waals surface area contributed by atoms with Crippen molar-refractivity contribution in [2.75, 3.05) is 16.8 Å². The lowest BCUT2D eigenvalue weighted by Crippen LogP contribution is -2.30. The number of amides is 1. The number of rotatable bonds is 4. The van der Waals surface area contributed by atoms with E-state index in [9.17, 15) is 4.79 Å². The van der Waals surface area contributed by atoms with Crippen molar-refractivity contribution in [2.24, 2.45) is 11.1 Å². The first-order valence-corrected chi connectivity index (χ1v) is 9.79. The quantitative estimate of drug-likeness (QED) is 0.799. The fourth-order valence-electron chi connectivity index (χ4n) is 3.51. The number of benzene rings is 2. The highest BCUT2D eigenvalue weighted by atomic mass is 35.5. The van der Waals surface area contributed by atoms with E-state index >= 15 is 0 Å². The maximum absolute atomic E-state index is 12.4. The minimum atomic E-state index is -0.0828. The molecule has 0 bridgehead atoms. The first kappa shape index (κ1) is 19.7. The number of nitrogens with zero attached hydrogens (tertiary/aromatic N) is 1. The second-order valence-electron chi connectivity index (χ2n) is 8.39. The molecule has 0 atom stereocenters. The normalized spacial score (nSPS) is 14.0. The van der Waals surface area contributed by atoms with Crippen molar-refractivity contribution in [3.8, 4) is 0 Å². The number of halogens is 1. The Balaban J connectivity index is 1.83. The van der Waals surface area contributed by atoms with Gasteiger partial charge in [0.05, 0.1) is 10.7 Å². The van der Waals surface area contributed by atoms with E-state index in [-0.39, 0.29) is 11.3 Å². The molecule has 27 heavy (non-hydrogen) atoms. The molecule has 1 aliphatic heterocycles. The minimum Gasteiger partial charge on any atom is -0.367 e. The van der Waals surface area contributed by atoms with Gasteiger partial charge >= 0.3 is 0 Å². The van der Waals surface area contributed by atoms with Crippen LogP contribution >= 0.6 is 11.6 Å². The van der Waals surface area contributed by atoms with Crippen molar-refractivity contribution in [3.63, 3.8) is 0 Å². The van der Waals surface area contributed by atoms with Crippen molar-refractivity contribution in [1.82, 2.24) is 0 Å².